The Balaban J connectivity index is 3.17. The molecule has 1 aromatic carbocycles. The molecule has 0 atom stereocenters. The highest BCUT2D eigenvalue weighted by atomic mass is 32.2. The van der Waals surface area contributed by atoms with E-state index < -0.39 is 4.92 Å². The Morgan fingerprint density at radius 3 is 2.67 bits per heavy atom. The Labute approximate surface area is 73.0 Å². The minimum atomic E-state index is -0.533. The maximum absolute atomic E-state index is 10.4. The molecule has 64 valence electrons. The highest BCUT2D eigenvalue weighted by molar-refractivity contribution is 7.97. The molecular weight excluding hydrogens is 178 g/mol. The molecule has 0 bridgehead atoms. The van der Waals surface area contributed by atoms with Crippen LogP contribution in [-0.2, 0) is 0 Å². The predicted molar refractivity (Wildman–Crippen MR) is 47.6 cm³/mol. The molecule has 0 amide bonds. The van der Waals surface area contributed by atoms with Crippen molar-refractivity contribution in [2.24, 2.45) is 5.14 Å². The van der Waals surface area contributed by atoms with E-state index in [9.17, 15) is 10.1 Å². The third-order valence-electron chi connectivity index (χ3n) is 1.33. The van der Waals surface area contributed by atoms with Crippen LogP contribution in [0.2, 0.25) is 0 Å². The largest absolute Gasteiger partial charge is 0.393 e. The average molecular weight is 185 g/mol. The van der Waals surface area contributed by atoms with Gasteiger partial charge in [0.15, 0.2) is 0 Å². The van der Waals surface area contributed by atoms with E-state index in [2.05, 4.69) is 0 Å². The standard InChI is InChI=1S/C6H7N3O2S/c7-5-2-1-4(12-8)3-6(5)9(10)11/h1-3H,7-8H2. The molecule has 0 aromatic heterocycles. The Bertz CT molecular complexity index is 316. The molecule has 0 aliphatic carbocycles. The summed E-state index contributed by atoms with van der Waals surface area (Å²) < 4.78 is 0. The summed E-state index contributed by atoms with van der Waals surface area (Å²) in [5.74, 6) is 0. The predicted octanol–water partition coefficient (Wildman–Crippen LogP) is 1.14. The van der Waals surface area contributed by atoms with Gasteiger partial charge in [-0.2, -0.15) is 0 Å². The number of hydrogen-bond acceptors (Lipinski definition) is 5. The first-order valence-electron chi connectivity index (χ1n) is 3.06. The van der Waals surface area contributed by atoms with Crippen molar-refractivity contribution in [3.05, 3.63) is 28.3 Å². The van der Waals surface area contributed by atoms with E-state index >= 15 is 0 Å². The van der Waals surface area contributed by atoms with Crippen molar-refractivity contribution in [1.82, 2.24) is 0 Å². The maximum Gasteiger partial charge on any atom is 0.293 e. The van der Waals surface area contributed by atoms with E-state index in [0.29, 0.717) is 4.90 Å². The van der Waals surface area contributed by atoms with Gasteiger partial charge in [0, 0.05) is 11.0 Å². The lowest BCUT2D eigenvalue weighted by molar-refractivity contribution is -0.384. The number of nitro groups is 1. The van der Waals surface area contributed by atoms with Gasteiger partial charge in [-0.05, 0) is 24.1 Å². The van der Waals surface area contributed by atoms with Crippen LogP contribution < -0.4 is 10.9 Å². The number of nitrogens with two attached hydrogens (primary N) is 2. The minimum Gasteiger partial charge on any atom is -0.393 e. The van der Waals surface area contributed by atoms with Crippen molar-refractivity contribution in [1.29, 1.82) is 0 Å². The van der Waals surface area contributed by atoms with Crippen molar-refractivity contribution in [3.8, 4) is 0 Å². The van der Waals surface area contributed by atoms with Gasteiger partial charge in [0.25, 0.3) is 5.69 Å². The zero-order valence-electron chi connectivity index (χ0n) is 6.06. The van der Waals surface area contributed by atoms with Gasteiger partial charge >= 0.3 is 0 Å². The molecule has 0 saturated heterocycles. The Morgan fingerprint density at radius 2 is 2.17 bits per heavy atom. The van der Waals surface area contributed by atoms with Crippen LogP contribution in [0.25, 0.3) is 0 Å². The number of rotatable bonds is 2. The molecule has 1 aromatic rings. The van der Waals surface area contributed by atoms with Gasteiger partial charge in [0.1, 0.15) is 5.69 Å². The van der Waals surface area contributed by atoms with Gasteiger partial charge in [0.05, 0.1) is 4.92 Å². The normalized spacial score (nSPS) is 9.75. The van der Waals surface area contributed by atoms with Crippen molar-refractivity contribution < 1.29 is 4.92 Å². The SMILES string of the molecule is NSc1ccc(N)c([N+](=O)[O-])c1. The second-order valence-electron chi connectivity index (χ2n) is 2.10. The number of nitro benzene ring substituents is 1. The lowest BCUT2D eigenvalue weighted by Gasteiger charge is -1.98. The Hall–Kier alpha value is -1.27. The Kier molecular flexibility index (Phi) is 2.51. The van der Waals surface area contributed by atoms with E-state index in [1.807, 2.05) is 0 Å². The zero-order valence-corrected chi connectivity index (χ0v) is 6.88. The highest BCUT2D eigenvalue weighted by Crippen LogP contribution is 2.25. The van der Waals surface area contributed by atoms with Gasteiger partial charge in [-0.15, -0.1) is 0 Å². The molecule has 0 aliphatic rings. The van der Waals surface area contributed by atoms with E-state index in [1.165, 1.54) is 12.1 Å². The first-order chi connectivity index (χ1) is 5.65. The summed E-state index contributed by atoms with van der Waals surface area (Å²) >= 11 is 0.949. The van der Waals surface area contributed by atoms with Gasteiger partial charge in [-0.3, -0.25) is 15.3 Å². The lowest BCUT2D eigenvalue weighted by Crippen LogP contribution is -1.95. The fourth-order valence-electron chi connectivity index (χ4n) is 0.755. The molecular formula is C6H7N3O2S. The van der Waals surface area contributed by atoms with E-state index in [1.54, 1.807) is 6.07 Å². The maximum atomic E-state index is 10.4. The number of benzene rings is 1. The van der Waals surface area contributed by atoms with Crippen LogP contribution in [0.3, 0.4) is 0 Å². The summed E-state index contributed by atoms with van der Waals surface area (Å²) in [5.41, 5.74) is 5.40. The van der Waals surface area contributed by atoms with Gasteiger partial charge in [-0.1, -0.05) is 0 Å². The van der Waals surface area contributed by atoms with Crippen LogP contribution in [0.1, 0.15) is 0 Å². The molecule has 0 radical (unpaired) electrons. The number of hydrogen-bond donors (Lipinski definition) is 2. The number of anilines is 1. The van der Waals surface area contributed by atoms with Crippen LogP contribution in [0.4, 0.5) is 11.4 Å². The molecule has 0 unspecified atom stereocenters. The Morgan fingerprint density at radius 1 is 1.50 bits per heavy atom. The first kappa shape index (κ1) is 8.82. The fourth-order valence-corrected chi connectivity index (χ4v) is 1.08. The zero-order chi connectivity index (χ0) is 9.14. The third kappa shape index (κ3) is 1.66. The molecule has 6 heteroatoms. The highest BCUT2D eigenvalue weighted by Gasteiger charge is 2.10. The number of nitrogens with zero attached hydrogens (tertiary/aromatic N) is 1. The molecule has 5 nitrogen and oxygen atoms in total. The van der Waals surface area contributed by atoms with Crippen molar-refractivity contribution in [2.75, 3.05) is 5.73 Å². The van der Waals surface area contributed by atoms with Gasteiger partial charge < -0.3 is 5.73 Å². The molecule has 0 heterocycles. The molecule has 0 spiro atoms. The summed E-state index contributed by atoms with van der Waals surface area (Å²) in [6, 6.07) is 4.44. The van der Waals surface area contributed by atoms with Crippen molar-refractivity contribution in [3.63, 3.8) is 0 Å². The van der Waals surface area contributed by atoms with Crippen molar-refractivity contribution >= 4 is 23.3 Å². The van der Waals surface area contributed by atoms with Gasteiger partial charge in [0.2, 0.25) is 0 Å². The molecule has 4 N–H and O–H groups in total. The molecule has 1 rings (SSSR count). The molecule has 0 saturated carbocycles. The van der Waals surface area contributed by atoms with Crippen LogP contribution in [0.5, 0.6) is 0 Å². The van der Waals surface area contributed by atoms with Crippen LogP contribution in [-0.4, -0.2) is 4.92 Å². The lowest BCUT2D eigenvalue weighted by atomic mass is 10.3. The van der Waals surface area contributed by atoms with Crippen LogP contribution >= 0.6 is 11.9 Å². The molecule has 0 aliphatic heterocycles. The average Bonchev–Trinajstić information content (AvgIpc) is 2.05. The van der Waals surface area contributed by atoms with E-state index in [-0.39, 0.29) is 11.4 Å². The third-order valence-corrected chi connectivity index (χ3v) is 1.86. The summed E-state index contributed by atoms with van der Waals surface area (Å²) in [7, 11) is 0. The summed E-state index contributed by atoms with van der Waals surface area (Å²) in [4.78, 5) is 10.5. The van der Waals surface area contributed by atoms with E-state index in [0.717, 1.165) is 11.9 Å². The quantitative estimate of drug-likeness (QED) is 0.312. The van der Waals surface area contributed by atoms with Crippen LogP contribution in [0, 0.1) is 10.1 Å². The van der Waals surface area contributed by atoms with E-state index in [4.69, 9.17) is 10.9 Å². The smallest absolute Gasteiger partial charge is 0.293 e. The molecule has 12 heavy (non-hydrogen) atoms. The van der Waals surface area contributed by atoms with Crippen molar-refractivity contribution in [2.45, 2.75) is 4.90 Å². The first-order valence-corrected chi connectivity index (χ1v) is 3.93. The summed E-state index contributed by atoms with van der Waals surface area (Å²) in [6.07, 6.45) is 0. The van der Waals surface area contributed by atoms with Gasteiger partial charge in [-0.25, -0.2) is 0 Å². The fraction of sp³-hybridized carbons (Fsp3) is 0. The second kappa shape index (κ2) is 3.42. The topological polar surface area (TPSA) is 95.2 Å². The monoisotopic (exact) mass is 185 g/mol. The van der Waals surface area contributed by atoms with Crippen LogP contribution in [0.15, 0.2) is 23.1 Å². The minimum absolute atomic E-state index is 0.106. The summed E-state index contributed by atoms with van der Waals surface area (Å²) in [6.45, 7) is 0. The number of nitrogen functional groups attached to an aromatic ring is 1. The summed E-state index contributed by atoms with van der Waals surface area (Å²) in [5, 5.41) is 15.6. The molecule has 0 fully saturated rings. The second-order valence-corrected chi connectivity index (χ2v) is 2.80.